The summed E-state index contributed by atoms with van der Waals surface area (Å²) in [5, 5.41) is 2.80. The van der Waals surface area contributed by atoms with Crippen molar-refractivity contribution in [1.82, 2.24) is 9.97 Å². The summed E-state index contributed by atoms with van der Waals surface area (Å²) in [6.45, 7) is 0. The number of ether oxygens (including phenoxy) is 1. The van der Waals surface area contributed by atoms with Crippen LogP contribution in [0.15, 0.2) is 83.3 Å². The van der Waals surface area contributed by atoms with Gasteiger partial charge in [-0.25, -0.2) is 13.4 Å². The summed E-state index contributed by atoms with van der Waals surface area (Å²) in [5.74, 6) is 0.596. The number of methoxy groups -OCH3 is 1. The number of benzene rings is 2. The zero-order valence-electron chi connectivity index (χ0n) is 15.4. The topological polar surface area (TPSA) is 81.2 Å². The first-order valence-electron chi connectivity index (χ1n) is 8.68. The third kappa shape index (κ3) is 4.28. The molecule has 0 saturated carbocycles. The summed E-state index contributed by atoms with van der Waals surface area (Å²) in [6, 6.07) is 17.2. The van der Waals surface area contributed by atoms with Gasteiger partial charge in [0.2, 0.25) is 0 Å². The van der Waals surface area contributed by atoms with E-state index < -0.39 is 10.0 Å². The smallest absolute Gasteiger partial charge is 0.261 e. The molecule has 29 heavy (non-hydrogen) atoms. The molecule has 0 fully saturated rings. The van der Waals surface area contributed by atoms with Gasteiger partial charge in [0.25, 0.3) is 10.0 Å². The SMILES string of the molecule is COc1ccc(S(=O)(=O)Nc2cccc(-c3csc(-c4cccnc4)n3)c2)cc1. The predicted octanol–water partition coefficient (Wildman–Crippen LogP) is 4.68. The number of aromatic nitrogens is 2. The fourth-order valence-electron chi connectivity index (χ4n) is 2.74. The number of rotatable bonds is 6. The molecule has 1 N–H and O–H groups in total. The van der Waals surface area contributed by atoms with Crippen LogP contribution in [0.3, 0.4) is 0 Å². The van der Waals surface area contributed by atoms with Gasteiger partial charge < -0.3 is 4.74 Å². The largest absolute Gasteiger partial charge is 0.497 e. The fourth-order valence-corrected chi connectivity index (χ4v) is 4.61. The lowest BCUT2D eigenvalue weighted by Gasteiger charge is -2.09. The number of nitrogens with one attached hydrogen (secondary N) is 1. The van der Waals surface area contributed by atoms with Gasteiger partial charge in [0, 0.05) is 34.6 Å². The van der Waals surface area contributed by atoms with E-state index >= 15 is 0 Å². The normalized spacial score (nSPS) is 11.2. The molecule has 2 aromatic heterocycles. The number of nitrogens with zero attached hydrogens (tertiary/aromatic N) is 2. The van der Waals surface area contributed by atoms with Crippen molar-refractivity contribution in [3.63, 3.8) is 0 Å². The lowest BCUT2D eigenvalue weighted by Crippen LogP contribution is -2.12. The van der Waals surface area contributed by atoms with Gasteiger partial charge >= 0.3 is 0 Å². The first-order chi connectivity index (χ1) is 14.0. The summed E-state index contributed by atoms with van der Waals surface area (Å²) in [6.07, 6.45) is 3.48. The average molecular weight is 424 g/mol. The van der Waals surface area contributed by atoms with Gasteiger partial charge in [-0.05, 0) is 48.5 Å². The van der Waals surface area contributed by atoms with Crippen LogP contribution >= 0.6 is 11.3 Å². The Kier molecular flexibility index (Phi) is 5.28. The number of hydrogen-bond donors (Lipinski definition) is 1. The Bertz CT molecular complexity index is 1220. The molecule has 0 unspecified atom stereocenters. The van der Waals surface area contributed by atoms with E-state index in [4.69, 9.17) is 4.74 Å². The van der Waals surface area contributed by atoms with E-state index in [1.165, 1.54) is 30.6 Å². The molecule has 0 radical (unpaired) electrons. The molecule has 0 aliphatic rings. The summed E-state index contributed by atoms with van der Waals surface area (Å²) < 4.78 is 33.0. The lowest BCUT2D eigenvalue weighted by atomic mass is 10.1. The van der Waals surface area contributed by atoms with Gasteiger partial charge in [0.05, 0.1) is 17.7 Å². The molecule has 0 aliphatic heterocycles. The molecule has 4 rings (SSSR count). The van der Waals surface area contributed by atoms with Crippen molar-refractivity contribution in [2.24, 2.45) is 0 Å². The quantitative estimate of drug-likeness (QED) is 0.487. The molecule has 6 nitrogen and oxygen atoms in total. The third-order valence-corrected chi connectivity index (χ3v) is 6.48. The number of hydrogen-bond acceptors (Lipinski definition) is 6. The van der Waals surface area contributed by atoms with Crippen LogP contribution in [0.25, 0.3) is 21.8 Å². The van der Waals surface area contributed by atoms with Gasteiger partial charge in [0.15, 0.2) is 0 Å². The minimum atomic E-state index is -3.71. The summed E-state index contributed by atoms with van der Waals surface area (Å²) in [4.78, 5) is 8.94. The van der Waals surface area contributed by atoms with Crippen molar-refractivity contribution < 1.29 is 13.2 Å². The monoisotopic (exact) mass is 423 g/mol. The van der Waals surface area contributed by atoms with Gasteiger partial charge in [-0.1, -0.05) is 12.1 Å². The van der Waals surface area contributed by atoms with E-state index in [1.807, 2.05) is 23.6 Å². The maximum atomic E-state index is 12.7. The highest BCUT2D eigenvalue weighted by Crippen LogP contribution is 2.30. The Morgan fingerprint density at radius 3 is 2.52 bits per heavy atom. The van der Waals surface area contributed by atoms with Crippen LogP contribution in [0.1, 0.15) is 0 Å². The molecule has 0 saturated heterocycles. The van der Waals surface area contributed by atoms with E-state index in [-0.39, 0.29) is 4.90 Å². The van der Waals surface area contributed by atoms with Crippen molar-refractivity contribution >= 4 is 27.0 Å². The number of anilines is 1. The molecule has 2 aromatic carbocycles. The molecule has 4 aromatic rings. The average Bonchev–Trinajstić information content (AvgIpc) is 3.25. The Morgan fingerprint density at radius 2 is 1.79 bits per heavy atom. The van der Waals surface area contributed by atoms with E-state index in [2.05, 4.69) is 14.7 Å². The molecule has 146 valence electrons. The zero-order valence-corrected chi connectivity index (χ0v) is 17.1. The number of sulfonamides is 1. The summed E-state index contributed by atoms with van der Waals surface area (Å²) in [7, 11) is -2.17. The molecule has 8 heteroatoms. The number of pyridine rings is 1. The standard InChI is InChI=1S/C21H17N3O3S2/c1-27-18-7-9-19(10-8-18)29(25,26)24-17-6-2-4-15(12-17)20-14-28-21(23-20)16-5-3-11-22-13-16/h2-14,24H,1H3. The second-order valence-electron chi connectivity index (χ2n) is 6.14. The van der Waals surface area contributed by atoms with E-state index in [0.29, 0.717) is 11.4 Å². The van der Waals surface area contributed by atoms with Gasteiger partial charge in [0.1, 0.15) is 10.8 Å². The first-order valence-corrected chi connectivity index (χ1v) is 11.0. The van der Waals surface area contributed by atoms with Crippen molar-refractivity contribution in [2.45, 2.75) is 4.90 Å². The highest BCUT2D eigenvalue weighted by Gasteiger charge is 2.15. The lowest BCUT2D eigenvalue weighted by molar-refractivity contribution is 0.414. The van der Waals surface area contributed by atoms with Crippen LogP contribution < -0.4 is 9.46 Å². The second-order valence-corrected chi connectivity index (χ2v) is 8.68. The van der Waals surface area contributed by atoms with E-state index in [1.54, 1.807) is 42.7 Å². The van der Waals surface area contributed by atoms with Gasteiger partial charge in [-0.3, -0.25) is 9.71 Å². The Hall–Kier alpha value is -3.23. The highest BCUT2D eigenvalue weighted by molar-refractivity contribution is 7.92. The Balaban J connectivity index is 1.58. The molecular weight excluding hydrogens is 406 g/mol. The zero-order chi connectivity index (χ0) is 20.3. The van der Waals surface area contributed by atoms with Crippen LogP contribution in [-0.2, 0) is 10.0 Å². The highest BCUT2D eigenvalue weighted by atomic mass is 32.2. The van der Waals surface area contributed by atoms with Crippen molar-refractivity contribution in [3.8, 4) is 27.6 Å². The van der Waals surface area contributed by atoms with Gasteiger partial charge in [-0.15, -0.1) is 11.3 Å². The van der Waals surface area contributed by atoms with Gasteiger partial charge in [-0.2, -0.15) is 0 Å². The molecular formula is C21H17N3O3S2. The van der Waals surface area contributed by atoms with Crippen molar-refractivity contribution in [1.29, 1.82) is 0 Å². The number of thiazole rings is 1. The molecule has 0 bridgehead atoms. The van der Waals surface area contributed by atoms with Crippen LogP contribution in [-0.4, -0.2) is 25.5 Å². The Morgan fingerprint density at radius 1 is 1.00 bits per heavy atom. The third-order valence-electron chi connectivity index (χ3n) is 4.19. The van der Waals surface area contributed by atoms with Crippen LogP contribution in [0.2, 0.25) is 0 Å². The maximum absolute atomic E-state index is 12.7. The van der Waals surface area contributed by atoms with Crippen LogP contribution in [0, 0.1) is 0 Å². The first kappa shape index (κ1) is 19.1. The second kappa shape index (κ2) is 8.02. The van der Waals surface area contributed by atoms with Crippen molar-refractivity contribution in [3.05, 3.63) is 78.4 Å². The summed E-state index contributed by atoms with van der Waals surface area (Å²) in [5.41, 5.74) is 3.01. The Labute approximate surface area is 172 Å². The van der Waals surface area contributed by atoms with E-state index in [9.17, 15) is 8.42 Å². The molecule has 0 atom stereocenters. The molecule has 0 spiro atoms. The molecule has 0 amide bonds. The maximum Gasteiger partial charge on any atom is 0.261 e. The molecule has 2 heterocycles. The predicted molar refractivity (Wildman–Crippen MR) is 115 cm³/mol. The van der Waals surface area contributed by atoms with Crippen LogP contribution in [0.4, 0.5) is 5.69 Å². The summed E-state index contributed by atoms with van der Waals surface area (Å²) >= 11 is 1.52. The van der Waals surface area contributed by atoms with Crippen LogP contribution in [0.5, 0.6) is 5.75 Å². The fraction of sp³-hybridized carbons (Fsp3) is 0.0476. The minimum absolute atomic E-state index is 0.163. The minimum Gasteiger partial charge on any atom is -0.497 e. The molecule has 0 aliphatic carbocycles. The van der Waals surface area contributed by atoms with E-state index in [0.717, 1.165) is 21.8 Å². The van der Waals surface area contributed by atoms with Crippen molar-refractivity contribution in [2.75, 3.05) is 11.8 Å².